The molecule has 122 valence electrons. The Bertz CT molecular complexity index is 663. The Balaban J connectivity index is 1.46. The van der Waals surface area contributed by atoms with E-state index in [-0.39, 0.29) is 11.9 Å². The number of amides is 1. The Morgan fingerprint density at radius 2 is 2.00 bits per heavy atom. The molecule has 1 saturated heterocycles. The van der Waals surface area contributed by atoms with E-state index in [0.717, 1.165) is 42.0 Å². The number of nitrogens with one attached hydrogen (secondary N) is 2. The van der Waals surface area contributed by atoms with Crippen LogP contribution in [0.4, 0.5) is 0 Å². The van der Waals surface area contributed by atoms with Gasteiger partial charge in [0, 0.05) is 41.4 Å². The van der Waals surface area contributed by atoms with Crippen LogP contribution < -0.4 is 5.32 Å². The first kappa shape index (κ1) is 16.6. The molecule has 1 amide bonds. The first-order chi connectivity index (χ1) is 11.1. The standard InChI is InChI=1S/C17H19BrClN3O/c18-13-9-16(20-10-13)17(23)21-15-5-7-22(8-6-15)11-12-1-3-14(19)4-2-12/h1-4,9-10,15,20H,5-8,11H2,(H,21,23). The Morgan fingerprint density at radius 1 is 1.30 bits per heavy atom. The van der Waals surface area contributed by atoms with Crippen LogP contribution >= 0.6 is 27.5 Å². The van der Waals surface area contributed by atoms with Crippen LogP contribution in [0.2, 0.25) is 5.02 Å². The van der Waals surface area contributed by atoms with Crippen molar-refractivity contribution in [3.63, 3.8) is 0 Å². The fourth-order valence-corrected chi connectivity index (χ4v) is 3.31. The van der Waals surface area contributed by atoms with Gasteiger partial charge in [-0.1, -0.05) is 23.7 Å². The van der Waals surface area contributed by atoms with E-state index in [0.29, 0.717) is 5.69 Å². The molecule has 2 N–H and O–H groups in total. The second-order valence-corrected chi connectivity index (χ2v) is 7.23. The lowest BCUT2D eigenvalue weighted by Gasteiger charge is -2.32. The summed E-state index contributed by atoms with van der Waals surface area (Å²) in [5.74, 6) is -0.0353. The average molecular weight is 397 g/mol. The number of halogens is 2. The lowest BCUT2D eigenvalue weighted by molar-refractivity contribution is 0.0904. The van der Waals surface area contributed by atoms with Crippen molar-refractivity contribution in [3.8, 4) is 0 Å². The van der Waals surface area contributed by atoms with Crippen molar-refractivity contribution in [1.82, 2.24) is 15.2 Å². The van der Waals surface area contributed by atoms with Crippen LogP contribution in [0.5, 0.6) is 0 Å². The molecule has 0 unspecified atom stereocenters. The first-order valence-corrected chi connectivity index (χ1v) is 8.89. The van der Waals surface area contributed by atoms with Crippen molar-refractivity contribution >= 4 is 33.4 Å². The minimum absolute atomic E-state index is 0.0353. The van der Waals surface area contributed by atoms with Crippen molar-refractivity contribution in [2.45, 2.75) is 25.4 Å². The summed E-state index contributed by atoms with van der Waals surface area (Å²) in [7, 11) is 0. The average Bonchev–Trinajstić information content (AvgIpc) is 2.98. The summed E-state index contributed by atoms with van der Waals surface area (Å²) in [4.78, 5) is 17.5. The van der Waals surface area contributed by atoms with E-state index in [1.54, 1.807) is 12.3 Å². The van der Waals surface area contributed by atoms with E-state index in [4.69, 9.17) is 11.6 Å². The molecular weight excluding hydrogens is 378 g/mol. The molecule has 2 heterocycles. The van der Waals surface area contributed by atoms with E-state index in [2.05, 4.69) is 43.3 Å². The van der Waals surface area contributed by atoms with Gasteiger partial charge in [0.2, 0.25) is 0 Å². The van der Waals surface area contributed by atoms with Crippen LogP contribution in [0.15, 0.2) is 41.0 Å². The van der Waals surface area contributed by atoms with Crippen LogP contribution in [-0.4, -0.2) is 34.9 Å². The number of carbonyl (C=O) groups excluding carboxylic acids is 1. The van der Waals surface area contributed by atoms with Gasteiger partial charge < -0.3 is 10.3 Å². The fraction of sp³-hybridized carbons (Fsp3) is 0.353. The van der Waals surface area contributed by atoms with Gasteiger partial charge in [0.1, 0.15) is 5.69 Å². The van der Waals surface area contributed by atoms with Crippen molar-refractivity contribution in [2.24, 2.45) is 0 Å². The van der Waals surface area contributed by atoms with E-state index < -0.39 is 0 Å². The van der Waals surface area contributed by atoms with Gasteiger partial charge >= 0.3 is 0 Å². The smallest absolute Gasteiger partial charge is 0.267 e. The van der Waals surface area contributed by atoms with E-state index >= 15 is 0 Å². The second-order valence-electron chi connectivity index (χ2n) is 5.88. The van der Waals surface area contributed by atoms with Gasteiger partial charge in [-0.15, -0.1) is 0 Å². The number of likely N-dealkylation sites (tertiary alicyclic amines) is 1. The third-order valence-electron chi connectivity index (χ3n) is 4.13. The predicted octanol–water partition coefficient (Wildman–Crippen LogP) is 3.83. The molecular formula is C17H19BrClN3O. The highest BCUT2D eigenvalue weighted by Crippen LogP contribution is 2.17. The molecule has 0 saturated carbocycles. The summed E-state index contributed by atoms with van der Waals surface area (Å²) in [6.07, 6.45) is 3.71. The molecule has 0 aliphatic carbocycles. The molecule has 1 aliphatic heterocycles. The molecule has 6 heteroatoms. The highest BCUT2D eigenvalue weighted by Gasteiger charge is 2.21. The number of piperidine rings is 1. The topological polar surface area (TPSA) is 48.1 Å². The molecule has 0 spiro atoms. The number of rotatable bonds is 4. The number of benzene rings is 1. The normalized spacial score (nSPS) is 16.4. The molecule has 1 fully saturated rings. The maximum absolute atomic E-state index is 12.1. The molecule has 1 aromatic heterocycles. The molecule has 1 aliphatic rings. The molecule has 1 aromatic carbocycles. The molecule has 4 nitrogen and oxygen atoms in total. The van der Waals surface area contributed by atoms with E-state index in [1.165, 1.54) is 5.56 Å². The Morgan fingerprint density at radius 3 is 2.61 bits per heavy atom. The highest BCUT2D eigenvalue weighted by atomic mass is 79.9. The highest BCUT2D eigenvalue weighted by molar-refractivity contribution is 9.10. The largest absolute Gasteiger partial charge is 0.356 e. The second kappa shape index (κ2) is 7.51. The van der Waals surface area contributed by atoms with Gasteiger partial charge in [-0.3, -0.25) is 9.69 Å². The minimum atomic E-state index is -0.0353. The van der Waals surface area contributed by atoms with Gasteiger partial charge in [-0.05, 0) is 52.5 Å². The van der Waals surface area contributed by atoms with Crippen molar-refractivity contribution < 1.29 is 4.79 Å². The number of aromatic nitrogens is 1. The Labute approximate surface area is 149 Å². The van der Waals surface area contributed by atoms with Gasteiger partial charge in [0.05, 0.1) is 0 Å². The Kier molecular flexibility index (Phi) is 5.41. The molecule has 0 atom stereocenters. The predicted molar refractivity (Wildman–Crippen MR) is 95.7 cm³/mol. The Hall–Kier alpha value is -1.30. The van der Waals surface area contributed by atoms with Crippen LogP contribution in [0.25, 0.3) is 0 Å². The number of aromatic amines is 1. The van der Waals surface area contributed by atoms with E-state index in [1.807, 2.05) is 12.1 Å². The quantitative estimate of drug-likeness (QED) is 0.825. The molecule has 0 radical (unpaired) electrons. The number of carbonyl (C=O) groups is 1. The molecule has 23 heavy (non-hydrogen) atoms. The van der Waals surface area contributed by atoms with Crippen molar-refractivity contribution in [2.75, 3.05) is 13.1 Å². The number of nitrogens with zero attached hydrogens (tertiary/aromatic N) is 1. The summed E-state index contributed by atoms with van der Waals surface area (Å²) in [6.45, 7) is 2.91. The third kappa shape index (κ3) is 4.59. The number of hydrogen-bond acceptors (Lipinski definition) is 2. The summed E-state index contributed by atoms with van der Waals surface area (Å²) >= 11 is 9.26. The summed E-state index contributed by atoms with van der Waals surface area (Å²) in [5, 5.41) is 3.87. The van der Waals surface area contributed by atoms with Gasteiger partial charge in [-0.25, -0.2) is 0 Å². The minimum Gasteiger partial charge on any atom is -0.356 e. The fourth-order valence-electron chi connectivity index (χ4n) is 2.85. The maximum atomic E-state index is 12.1. The lowest BCUT2D eigenvalue weighted by Crippen LogP contribution is -2.44. The zero-order valence-electron chi connectivity index (χ0n) is 12.7. The SMILES string of the molecule is O=C(NC1CCN(Cc2ccc(Cl)cc2)CC1)c1cc(Br)c[nH]1. The summed E-state index contributed by atoms with van der Waals surface area (Å²) < 4.78 is 0.889. The number of hydrogen-bond donors (Lipinski definition) is 2. The summed E-state index contributed by atoms with van der Waals surface area (Å²) in [6, 6.07) is 10.0. The maximum Gasteiger partial charge on any atom is 0.267 e. The van der Waals surface area contributed by atoms with Gasteiger partial charge in [0.15, 0.2) is 0 Å². The van der Waals surface area contributed by atoms with Gasteiger partial charge in [0.25, 0.3) is 5.91 Å². The van der Waals surface area contributed by atoms with Crippen LogP contribution in [0, 0.1) is 0 Å². The number of H-pyrrole nitrogens is 1. The third-order valence-corrected chi connectivity index (χ3v) is 4.84. The van der Waals surface area contributed by atoms with Crippen LogP contribution in [-0.2, 0) is 6.54 Å². The van der Waals surface area contributed by atoms with Crippen molar-refractivity contribution in [1.29, 1.82) is 0 Å². The van der Waals surface area contributed by atoms with E-state index in [9.17, 15) is 4.79 Å². The zero-order chi connectivity index (χ0) is 16.2. The lowest BCUT2D eigenvalue weighted by atomic mass is 10.0. The van der Waals surface area contributed by atoms with Crippen molar-refractivity contribution in [3.05, 3.63) is 57.3 Å². The molecule has 2 aromatic rings. The van der Waals surface area contributed by atoms with Gasteiger partial charge in [-0.2, -0.15) is 0 Å². The summed E-state index contributed by atoms with van der Waals surface area (Å²) in [5.41, 5.74) is 1.87. The molecule has 0 bridgehead atoms. The van der Waals surface area contributed by atoms with Crippen LogP contribution in [0.3, 0.4) is 0 Å². The monoisotopic (exact) mass is 395 g/mol. The zero-order valence-corrected chi connectivity index (χ0v) is 15.0. The van der Waals surface area contributed by atoms with Crippen LogP contribution in [0.1, 0.15) is 28.9 Å². The molecule has 3 rings (SSSR count). The first-order valence-electron chi connectivity index (χ1n) is 7.72.